The SMILES string of the molecule is CC1Oc2ccccc2N(C2CCNC2)C1=O. The number of benzene rings is 1. The Bertz CT molecular complexity index is 441. The highest BCUT2D eigenvalue weighted by molar-refractivity contribution is 6.00. The Morgan fingerprint density at radius 3 is 3.00 bits per heavy atom. The van der Waals surface area contributed by atoms with Gasteiger partial charge in [-0.3, -0.25) is 4.79 Å². The molecule has 1 aromatic carbocycles. The van der Waals surface area contributed by atoms with E-state index in [2.05, 4.69) is 5.32 Å². The summed E-state index contributed by atoms with van der Waals surface area (Å²) in [5, 5.41) is 3.30. The van der Waals surface area contributed by atoms with Crippen molar-refractivity contribution in [2.75, 3.05) is 18.0 Å². The number of hydrogen-bond donors (Lipinski definition) is 1. The summed E-state index contributed by atoms with van der Waals surface area (Å²) in [5.74, 6) is 0.879. The van der Waals surface area contributed by atoms with Gasteiger partial charge in [0.15, 0.2) is 6.10 Å². The first-order valence-corrected chi connectivity index (χ1v) is 6.07. The zero-order valence-electron chi connectivity index (χ0n) is 9.85. The van der Waals surface area contributed by atoms with Crippen LogP contribution in [-0.2, 0) is 4.79 Å². The smallest absolute Gasteiger partial charge is 0.268 e. The summed E-state index contributed by atoms with van der Waals surface area (Å²) in [6, 6.07) is 8.02. The fraction of sp³-hybridized carbons (Fsp3) is 0.462. The Morgan fingerprint density at radius 2 is 2.24 bits per heavy atom. The third-order valence-electron chi connectivity index (χ3n) is 3.41. The first-order valence-electron chi connectivity index (χ1n) is 6.07. The van der Waals surface area contributed by atoms with Gasteiger partial charge in [-0.25, -0.2) is 0 Å². The number of amides is 1. The van der Waals surface area contributed by atoms with Crippen LogP contribution in [0.15, 0.2) is 24.3 Å². The van der Waals surface area contributed by atoms with E-state index in [-0.39, 0.29) is 18.1 Å². The molecule has 4 heteroatoms. The van der Waals surface area contributed by atoms with E-state index in [1.165, 1.54) is 0 Å². The van der Waals surface area contributed by atoms with Crippen LogP contribution in [0.3, 0.4) is 0 Å². The van der Waals surface area contributed by atoms with Crippen LogP contribution in [0.2, 0.25) is 0 Å². The molecule has 1 saturated heterocycles. The van der Waals surface area contributed by atoms with Crippen molar-refractivity contribution in [1.82, 2.24) is 5.32 Å². The van der Waals surface area contributed by atoms with E-state index in [0.717, 1.165) is 30.9 Å². The predicted octanol–water partition coefficient (Wildman–Crippen LogP) is 1.16. The summed E-state index contributed by atoms with van der Waals surface area (Å²) in [5.41, 5.74) is 0.907. The van der Waals surface area contributed by atoms with Gasteiger partial charge in [-0.1, -0.05) is 12.1 Å². The molecule has 1 amide bonds. The lowest BCUT2D eigenvalue weighted by molar-refractivity contribution is -0.126. The Hall–Kier alpha value is -1.55. The number of ether oxygens (including phenoxy) is 1. The molecule has 90 valence electrons. The minimum atomic E-state index is -0.384. The van der Waals surface area contributed by atoms with Crippen molar-refractivity contribution in [3.8, 4) is 5.75 Å². The maximum absolute atomic E-state index is 12.2. The van der Waals surface area contributed by atoms with Gasteiger partial charge in [0.05, 0.1) is 11.7 Å². The monoisotopic (exact) mass is 232 g/mol. The molecule has 0 bridgehead atoms. The van der Waals surface area contributed by atoms with Gasteiger partial charge in [0.2, 0.25) is 0 Å². The second kappa shape index (κ2) is 4.04. The Labute approximate surface area is 101 Å². The summed E-state index contributed by atoms with van der Waals surface area (Å²) in [6.07, 6.45) is 0.623. The summed E-state index contributed by atoms with van der Waals surface area (Å²) >= 11 is 0. The molecule has 0 aromatic heterocycles. The second-order valence-corrected chi connectivity index (χ2v) is 4.58. The van der Waals surface area contributed by atoms with E-state index in [1.54, 1.807) is 0 Å². The molecule has 1 N–H and O–H groups in total. The fourth-order valence-corrected chi connectivity index (χ4v) is 2.55. The Balaban J connectivity index is 2.02. The minimum absolute atomic E-state index is 0.0670. The lowest BCUT2D eigenvalue weighted by Crippen LogP contribution is -2.50. The molecule has 2 aliphatic heterocycles. The quantitative estimate of drug-likeness (QED) is 0.790. The highest BCUT2D eigenvalue weighted by Gasteiger charge is 2.36. The number of anilines is 1. The third-order valence-corrected chi connectivity index (χ3v) is 3.41. The fourth-order valence-electron chi connectivity index (χ4n) is 2.55. The highest BCUT2D eigenvalue weighted by Crippen LogP contribution is 2.35. The molecule has 2 heterocycles. The molecule has 0 aliphatic carbocycles. The number of fused-ring (bicyclic) bond motifs is 1. The zero-order valence-corrected chi connectivity index (χ0v) is 9.85. The predicted molar refractivity (Wildman–Crippen MR) is 65.3 cm³/mol. The van der Waals surface area contributed by atoms with Crippen molar-refractivity contribution in [2.24, 2.45) is 0 Å². The van der Waals surface area contributed by atoms with Crippen molar-refractivity contribution in [3.63, 3.8) is 0 Å². The lowest BCUT2D eigenvalue weighted by Gasteiger charge is -2.36. The van der Waals surface area contributed by atoms with Gasteiger partial charge in [-0.15, -0.1) is 0 Å². The number of rotatable bonds is 1. The second-order valence-electron chi connectivity index (χ2n) is 4.58. The van der Waals surface area contributed by atoms with Crippen LogP contribution >= 0.6 is 0 Å². The molecular weight excluding hydrogens is 216 g/mol. The molecule has 1 fully saturated rings. The average molecular weight is 232 g/mol. The van der Waals surface area contributed by atoms with E-state index in [0.29, 0.717) is 0 Å². The average Bonchev–Trinajstić information content (AvgIpc) is 2.84. The molecule has 0 spiro atoms. The highest BCUT2D eigenvalue weighted by atomic mass is 16.5. The topological polar surface area (TPSA) is 41.6 Å². The van der Waals surface area contributed by atoms with E-state index in [9.17, 15) is 4.79 Å². The van der Waals surface area contributed by atoms with Crippen LogP contribution in [0.1, 0.15) is 13.3 Å². The van der Waals surface area contributed by atoms with Gasteiger partial charge in [0, 0.05) is 6.54 Å². The summed E-state index contributed by atoms with van der Waals surface area (Å²) in [7, 11) is 0. The first-order chi connectivity index (χ1) is 8.27. The maximum atomic E-state index is 12.2. The molecule has 1 aromatic rings. The van der Waals surface area contributed by atoms with E-state index >= 15 is 0 Å². The van der Waals surface area contributed by atoms with Gasteiger partial charge in [0.1, 0.15) is 5.75 Å². The Morgan fingerprint density at radius 1 is 1.41 bits per heavy atom. The van der Waals surface area contributed by atoms with Gasteiger partial charge >= 0.3 is 0 Å². The van der Waals surface area contributed by atoms with Crippen molar-refractivity contribution < 1.29 is 9.53 Å². The van der Waals surface area contributed by atoms with Crippen LogP contribution in [0.5, 0.6) is 5.75 Å². The largest absolute Gasteiger partial charge is 0.479 e. The van der Waals surface area contributed by atoms with Gasteiger partial charge in [-0.2, -0.15) is 0 Å². The lowest BCUT2D eigenvalue weighted by atomic mass is 10.1. The normalized spacial score (nSPS) is 27.8. The molecule has 2 atom stereocenters. The summed E-state index contributed by atoms with van der Waals surface area (Å²) in [6.45, 7) is 3.66. The van der Waals surface area contributed by atoms with Gasteiger partial charge < -0.3 is 15.0 Å². The third kappa shape index (κ3) is 1.69. The molecule has 0 radical (unpaired) electrons. The van der Waals surface area contributed by atoms with Crippen LogP contribution < -0.4 is 15.0 Å². The van der Waals surface area contributed by atoms with E-state index in [4.69, 9.17) is 4.74 Å². The van der Waals surface area contributed by atoms with Crippen LogP contribution in [0, 0.1) is 0 Å². The number of carbonyl (C=O) groups excluding carboxylic acids is 1. The van der Waals surface area contributed by atoms with Crippen molar-refractivity contribution in [1.29, 1.82) is 0 Å². The standard InChI is InChI=1S/C13H16N2O2/c1-9-13(16)15(10-6-7-14-8-10)11-4-2-3-5-12(11)17-9/h2-5,9-10,14H,6-8H2,1H3. The molecule has 3 rings (SSSR count). The molecule has 0 saturated carbocycles. The van der Waals surface area contributed by atoms with Crippen LogP contribution in [0.25, 0.3) is 0 Å². The number of nitrogens with zero attached hydrogens (tertiary/aromatic N) is 1. The van der Waals surface area contributed by atoms with Crippen molar-refractivity contribution in [3.05, 3.63) is 24.3 Å². The molecule has 2 aliphatic rings. The van der Waals surface area contributed by atoms with Crippen LogP contribution in [0.4, 0.5) is 5.69 Å². The number of para-hydroxylation sites is 2. The molecule has 17 heavy (non-hydrogen) atoms. The van der Waals surface area contributed by atoms with E-state index in [1.807, 2.05) is 36.1 Å². The summed E-state index contributed by atoms with van der Waals surface area (Å²) < 4.78 is 5.62. The van der Waals surface area contributed by atoms with Gasteiger partial charge in [-0.05, 0) is 32.0 Å². The Kier molecular flexibility index (Phi) is 2.52. The number of nitrogens with one attached hydrogen (secondary N) is 1. The number of carbonyl (C=O) groups is 1. The molecule has 2 unspecified atom stereocenters. The maximum Gasteiger partial charge on any atom is 0.268 e. The molecular formula is C13H16N2O2. The van der Waals surface area contributed by atoms with Crippen molar-refractivity contribution in [2.45, 2.75) is 25.5 Å². The van der Waals surface area contributed by atoms with Crippen molar-refractivity contribution >= 4 is 11.6 Å². The van der Waals surface area contributed by atoms with E-state index < -0.39 is 0 Å². The zero-order chi connectivity index (χ0) is 11.8. The molecule has 4 nitrogen and oxygen atoms in total. The van der Waals surface area contributed by atoms with Gasteiger partial charge in [0.25, 0.3) is 5.91 Å². The van der Waals surface area contributed by atoms with Crippen LogP contribution in [-0.4, -0.2) is 31.1 Å². The minimum Gasteiger partial charge on any atom is -0.479 e. The first kappa shape index (κ1) is 10.6. The number of hydrogen-bond acceptors (Lipinski definition) is 3. The summed E-state index contributed by atoms with van der Waals surface area (Å²) in [4.78, 5) is 14.2.